The molecule has 34 heavy (non-hydrogen) atoms. The summed E-state index contributed by atoms with van der Waals surface area (Å²) in [5.41, 5.74) is 3.34. The number of rotatable bonds is 9. The minimum atomic E-state index is -0.280. The van der Waals surface area contributed by atoms with Crippen molar-refractivity contribution >= 4 is 6.09 Å². The molecule has 3 heterocycles. The van der Waals surface area contributed by atoms with Crippen LogP contribution in [-0.2, 0) is 12.8 Å². The van der Waals surface area contributed by atoms with Gasteiger partial charge in [-0.1, -0.05) is 18.2 Å². The summed E-state index contributed by atoms with van der Waals surface area (Å²) in [6, 6.07) is 17.5. The Labute approximate surface area is 201 Å². The summed E-state index contributed by atoms with van der Waals surface area (Å²) in [4.78, 5) is 25.3. The highest BCUT2D eigenvalue weighted by atomic mass is 16.6. The molecule has 0 aliphatic carbocycles. The number of piperazine rings is 1. The van der Waals surface area contributed by atoms with E-state index in [1.807, 2.05) is 49.4 Å². The molecule has 4 rings (SSSR count). The largest absolute Gasteiger partial charge is 0.493 e. The smallest absolute Gasteiger partial charge is 0.415 e. The molecule has 3 aromatic rings. The molecule has 1 aromatic carbocycles. The number of carbonyl (C=O) groups excluding carboxylic acids is 1. The second-order valence-corrected chi connectivity index (χ2v) is 8.50. The van der Waals surface area contributed by atoms with Crippen molar-refractivity contribution in [2.45, 2.75) is 26.2 Å². The van der Waals surface area contributed by atoms with Crippen LogP contribution < -0.4 is 9.47 Å². The number of pyridine rings is 2. The van der Waals surface area contributed by atoms with Crippen LogP contribution in [0.5, 0.6) is 11.5 Å². The summed E-state index contributed by atoms with van der Waals surface area (Å²) in [5, 5.41) is 0. The first kappa shape index (κ1) is 23.7. The molecule has 1 saturated heterocycles. The van der Waals surface area contributed by atoms with Crippen molar-refractivity contribution in [3.63, 3.8) is 0 Å². The van der Waals surface area contributed by atoms with Crippen LogP contribution in [0.15, 0.2) is 67.0 Å². The molecule has 1 aliphatic heterocycles. The Morgan fingerprint density at radius 3 is 2.41 bits per heavy atom. The molecular weight excluding hydrogens is 428 g/mol. The number of aromatic nitrogens is 2. The lowest BCUT2D eigenvalue weighted by Crippen LogP contribution is -2.49. The van der Waals surface area contributed by atoms with Crippen molar-refractivity contribution in [3.05, 3.63) is 83.9 Å². The zero-order valence-corrected chi connectivity index (χ0v) is 19.7. The standard InChI is InChI=1S/C27H32N4O3/c1-22-4-2-5-24(29-22)6-3-16-30-17-19-31(20-18-30)27(32)34-26-9-7-23(8-10-26)13-21-33-25-11-14-28-15-12-25/h2,4-5,7-12,14-15H,3,6,13,16-21H2,1H3. The number of hydrogen-bond acceptors (Lipinski definition) is 6. The molecule has 1 fully saturated rings. The number of carbonyl (C=O) groups is 1. The van der Waals surface area contributed by atoms with Crippen molar-refractivity contribution in [2.75, 3.05) is 39.3 Å². The van der Waals surface area contributed by atoms with Crippen LogP contribution in [0, 0.1) is 6.92 Å². The summed E-state index contributed by atoms with van der Waals surface area (Å²) in [6.07, 6.45) is 5.97. The van der Waals surface area contributed by atoms with Crippen molar-refractivity contribution in [1.82, 2.24) is 19.8 Å². The topological polar surface area (TPSA) is 67.8 Å². The number of nitrogens with zero attached hydrogens (tertiary/aromatic N) is 4. The first-order valence-electron chi connectivity index (χ1n) is 11.9. The Morgan fingerprint density at radius 1 is 0.912 bits per heavy atom. The predicted molar refractivity (Wildman–Crippen MR) is 131 cm³/mol. The van der Waals surface area contributed by atoms with Gasteiger partial charge in [-0.15, -0.1) is 0 Å². The van der Waals surface area contributed by atoms with Crippen LogP contribution in [0.1, 0.15) is 23.4 Å². The van der Waals surface area contributed by atoms with Crippen LogP contribution in [0.25, 0.3) is 0 Å². The van der Waals surface area contributed by atoms with Gasteiger partial charge in [0, 0.05) is 56.4 Å². The van der Waals surface area contributed by atoms with E-state index in [0.717, 1.165) is 61.6 Å². The third kappa shape index (κ3) is 7.28. The van der Waals surface area contributed by atoms with Crippen molar-refractivity contribution in [2.24, 2.45) is 0 Å². The number of aryl methyl sites for hydroxylation is 2. The van der Waals surface area contributed by atoms with Crippen LogP contribution in [0.2, 0.25) is 0 Å². The zero-order chi connectivity index (χ0) is 23.6. The Kier molecular flexibility index (Phi) is 8.46. The zero-order valence-electron chi connectivity index (χ0n) is 19.7. The van der Waals surface area contributed by atoms with Crippen LogP contribution >= 0.6 is 0 Å². The highest BCUT2D eigenvalue weighted by Crippen LogP contribution is 2.16. The highest BCUT2D eigenvalue weighted by Gasteiger charge is 2.22. The van der Waals surface area contributed by atoms with Gasteiger partial charge in [-0.2, -0.15) is 0 Å². The van der Waals surface area contributed by atoms with Crippen molar-refractivity contribution < 1.29 is 14.3 Å². The fourth-order valence-corrected chi connectivity index (χ4v) is 3.99. The molecule has 0 unspecified atom stereocenters. The van der Waals surface area contributed by atoms with Gasteiger partial charge in [0.15, 0.2) is 0 Å². The van der Waals surface area contributed by atoms with Crippen LogP contribution in [-0.4, -0.2) is 65.2 Å². The molecule has 0 N–H and O–H groups in total. The summed E-state index contributed by atoms with van der Waals surface area (Å²) in [7, 11) is 0. The summed E-state index contributed by atoms with van der Waals surface area (Å²) >= 11 is 0. The minimum Gasteiger partial charge on any atom is -0.493 e. The van der Waals surface area contributed by atoms with Gasteiger partial charge in [-0.25, -0.2) is 4.79 Å². The number of amides is 1. The van der Waals surface area contributed by atoms with E-state index >= 15 is 0 Å². The summed E-state index contributed by atoms with van der Waals surface area (Å²) in [5.74, 6) is 1.38. The molecule has 2 aromatic heterocycles. The quantitative estimate of drug-likeness (QED) is 0.478. The van der Waals surface area contributed by atoms with E-state index in [9.17, 15) is 4.79 Å². The lowest BCUT2D eigenvalue weighted by molar-refractivity contribution is 0.110. The maximum atomic E-state index is 12.6. The van der Waals surface area contributed by atoms with E-state index in [4.69, 9.17) is 9.47 Å². The maximum absolute atomic E-state index is 12.6. The van der Waals surface area contributed by atoms with E-state index in [1.54, 1.807) is 17.3 Å². The lowest BCUT2D eigenvalue weighted by Gasteiger charge is -2.34. The van der Waals surface area contributed by atoms with Gasteiger partial charge in [0.2, 0.25) is 0 Å². The second-order valence-electron chi connectivity index (χ2n) is 8.50. The van der Waals surface area contributed by atoms with E-state index in [0.29, 0.717) is 25.4 Å². The average molecular weight is 461 g/mol. The van der Waals surface area contributed by atoms with Crippen LogP contribution in [0.3, 0.4) is 0 Å². The Morgan fingerprint density at radius 2 is 1.68 bits per heavy atom. The summed E-state index contributed by atoms with van der Waals surface area (Å²) < 4.78 is 11.3. The summed E-state index contributed by atoms with van der Waals surface area (Å²) in [6.45, 7) is 6.73. The molecule has 7 heteroatoms. The van der Waals surface area contributed by atoms with E-state index < -0.39 is 0 Å². The third-order valence-corrected chi connectivity index (χ3v) is 5.92. The number of benzene rings is 1. The normalized spacial score (nSPS) is 14.1. The van der Waals surface area contributed by atoms with E-state index in [2.05, 4.69) is 27.0 Å². The first-order valence-corrected chi connectivity index (χ1v) is 11.9. The Bertz CT molecular complexity index is 1040. The van der Waals surface area contributed by atoms with Gasteiger partial charge < -0.3 is 14.4 Å². The molecule has 0 spiro atoms. The maximum Gasteiger partial charge on any atom is 0.415 e. The number of ether oxygens (including phenoxy) is 2. The van der Waals surface area contributed by atoms with Gasteiger partial charge in [-0.3, -0.25) is 14.9 Å². The van der Waals surface area contributed by atoms with Crippen molar-refractivity contribution in [3.8, 4) is 11.5 Å². The monoisotopic (exact) mass is 460 g/mol. The third-order valence-electron chi connectivity index (χ3n) is 5.92. The van der Waals surface area contributed by atoms with E-state index in [-0.39, 0.29) is 6.09 Å². The molecule has 1 amide bonds. The van der Waals surface area contributed by atoms with Gasteiger partial charge in [0.1, 0.15) is 11.5 Å². The van der Waals surface area contributed by atoms with E-state index in [1.165, 1.54) is 0 Å². The minimum absolute atomic E-state index is 0.280. The van der Waals surface area contributed by atoms with Gasteiger partial charge in [-0.05, 0) is 68.3 Å². The van der Waals surface area contributed by atoms with Gasteiger partial charge in [0.05, 0.1) is 6.61 Å². The molecule has 178 valence electrons. The second kappa shape index (κ2) is 12.1. The molecule has 1 aliphatic rings. The molecule has 7 nitrogen and oxygen atoms in total. The fourth-order valence-electron chi connectivity index (χ4n) is 3.99. The Hall–Kier alpha value is -3.45. The molecule has 0 radical (unpaired) electrons. The highest BCUT2D eigenvalue weighted by molar-refractivity contribution is 5.70. The lowest BCUT2D eigenvalue weighted by atomic mass is 10.1. The molecule has 0 saturated carbocycles. The molecule has 0 bridgehead atoms. The average Bonchev–Trinajstić information content (AvgIpc) is 2.86. The van der Waals surface area contributed by atoms with Gasteiger partial charge in [0.25, 0.3) is 0 Å². The van der Waals surface area contributed by atoms with Crippen molar-refractivity contribution in [1.29, 1.82) is 0 Å². The number of hydrogen-bond donors (Lipinski definition) is 0. The predicted octanol–water partition coefficient (Wildman–Crippen LogP) is 4.16. The fraction of sp³-hybridized carbons (Fsp3) is 0.370. The Balaban J connectivity index is 1.14. The molecular formula is C27H32N4O3. The first-order chi connectivity index (χ1) is 16.7. The SMILES string of the molecule is Cc1cccc(CCCN2CCN(C(=O)Oc3ccc(CCOc4ccncc4)cc3)CC2)n1. The molecule has 0 atom stereocenters. The van der Waals surface area contributed by atoms with Gasteiger partial charge >= 0.3 is 6.09 Å². The van der Waals surface area contributed by atoms with Crippen LogP contribution in [0.4, 0.5) is 4.79 Å².